The van der Waals surface area contributed by atoms with Crippen LogP contribution in [0.25, 0.3) is 0 Å². The summed E-state index contributed by atoms with van der Waals surface area (Å²) in [5.41, 5.74) is 0.00336. The molecule has 1 heterocycles. The van der Waals surface area contributed by atoms with Crippen LogP contribution in [0.4, 0.5) is 4.39 Å². The van der Waals surface area contributed by atoms with E-state index in [4.69, 9.17) is 4.74 Å². The van der Waals surface area contributed by atoms with Crippen molar-refractivity contribution in [1.29, 1.82) is 0 Å². The van der Waals surface area contributed by atoms with Crippen LogP contribution in [0.3, 0.4) is 0 Å². The molecule has 0 spiro atoms. The third-order valence-corrected chi connectivity index (χ3v) is 3.46. The van der Waals surface area contributed by atoms with Crippen LogP contribution in [0.1, 0.15) is 56.3 Å². The van der Waals surface area contributed by atoms with E-state index in [-0.39, 0.29) is 17.2 Å². The van der Waals surface area contributed by atoms with Gasteiger partial charge in [0.15, 0.2) is 5.78 Å². The van der Waals surface area contributed by atoms with E-state index >= 15 is 0 Å². The van der Waals surface area contributed by atoms with E-state index in [2.05, 4.69) is 13.8 Å². The van der Waals surface area contributed by atoms with Crippen molar-refractivity contribution in [2.75, 3.05) is 0 Å². The summed E-state index contributed by atoms with van der Waals surface area (Å²) in [6.07, 6.45) is 4.05. The molecular weight excluding hydrogens is 231 g/mol. The first kappa shape index (κ1) is 13.1. The minimum Gasteiger partial charge on any atom is -0.486 e. The zero-order chi connectivity index (χ0) is 13.2. The zero-order valence-electron chi connectivity index (χ0n) is 11.0. The average molecular weight is 250 g/mol. The van der Waals surface area contributed by atoms with Crippen LogP contribution in [-0.2, 0) is 0 Å². The second kappa shape index (κ2) is 5.09. The summed E-state index contributed by atoms with van der Waals surface area (Å²) in [6, 6.07) is 4.20. The van der Waals surface area contributed by atoms with E-state index in [1.807, 2.05) is 0 Å². The first-order valence-electron chi connectivity index (χ1n) is 6.62. The lowest BCUT2D eigenvalue weighted by molar-refractivity contribution is 0.0269. The maximum absolute atomic E-state index is 13.1. The van der Waals surface area contributed by atoms with Crippen molar-refractivity contribution in [1.82, 2.24) is 0 Å². The van der Waals surface area contributed by atoms with E-state index in [1.54, 1.807) is 6.07 Å². The minimum atomic E-state index is -0.385. The van der Waals surface area contributed by atoms with Gasteiger partial charge in [-0.25, -0.2) is 4.39 Å². The molecule has 0 saturated carbocycles. The van der Waals surface area contributed by atoms with E-state index in [0.29, 0.717) is 17.7 Å². The quantitative estimate of drug-likeness (QED) is 0.803. The topological polar surface area (TPSA) is 26.3 Å². The molecule has 2 rings (SSSR count). The lowest BCUT2D eigenvalue weighted by atomic mass is 9.83. The highest BCUT2D eigenvalue weighted by molar-refractivity contribution is 6.00. The Morgan fingerprint density at radius 2 is 1.94 bits per heavy atom. The molecule has 0 aliphatic carbocycles. The number of ketones is 1. The van der Waals surface area contributed by atoms with Crippen LogP contribution >= 0.6 is 0 Å². The number of hydrogen-bond acceptors (Lipinski definition) is 2. The molecule has 0 bridgehead atoms. The highest BCUT2D eigenvalue weighted by Gasteiger charge is 2.39. The molecule has 1 aromatic carbocycles. The lowest BCUT2D eigenvalue weighted by Gasteiger charge is -2.38. The van der Waals surface area contributed by atoms with Crippen LogP contribution in [-0.4, -0.2) is 11.4 Å². The van der Waals surface area contributed by atoms with E-state index in [9.17, 15) is 9.18 Å². The predicted molar refractivity (Wildman–Crippen MR) is 68.5 cm³/mol. The molecule has 0 saturated heterocycles. The van der Waals surface area contributed by atoms with Crippen LogP contribution in [0, 0.1) is 5.82 Å². The molecule has 0 unspecified atom stereocenters. The smallest absolute Gasteiger partial charge is 0.170 e. The summed E-state index contributed by atoms with van der Waals surface area (Å²) in [7, 11) is 0. The van der Waals surface area contributed by atoms with Crippen LogP contribution in [0.2, 0.25) is 0 Å². The average Bonchev–Trinajstić information content (AvgIpc) is 2.31. The Morgan fingerprint density at radius 3 is 2.56 bits per heavy atom. The molecule has 2 nitrogen and oxygen atoms in total. The predicted octanol–water partition coefficient (Wildman–Crippen LogP) is 4.13. The number of ether oxygens (including phenoxy) is 1. The van der Waals surface area contributed by atoms with Gasteiger partial charge in [-0.15, -0.1) is 0 Å². The molecule has 0 atom stereocenters. The van der Waals surface area contributed by atoms with Crippen molar-refractivity contribution in [3.05, 3.63) is 29.6 Å². The number of fused-ring (bicyclic) bond motifs is 1. The first-order valence-corrected chi connectivity index (χ1v) is 6.62. The maximum atomic E-state index is 13.1. The number of carbonyl (C=O) groups is 1. The summed E-state index contributed by atoms with van der Waals surface area (Å²) < 4.78 is 19.2. The van der Waals surface area contributed by atoms with Gasteiger partial charge in [-0.1, -0.05) is 26.7 Å². The highest BCUT2D eigenvalue weighted by Crippen LogP contribution is 2.38. The van der Waals surface area contributed by atoms with Gasteiger partial charge in [-0.2, -0.15) is 0 Å². The van der Waals surface area contributed by atoms with Gasteiger partial charge in [0, 0.05) is 0 Å². The molecule has 3 heteroatoms. The van der Waals surface area contributed by atoms with Gasteiger partial charge in [-0.05, 0) is 31.0 Å². The van der Waals surface area contributed by atoms with Crippen molar-refractivity contribution in [2.24, 2.45) is 0 Å². The Bertz CT molecular complexity index is 448. The van der Waals surface area contributed by atoms with Crippen molar-refractivity contribution in [3.63, 3.8) is 0 Å². The van der Waals surface area contributed by atoms with Gasteiger partial charge in [0.25, 0.3) is 0 Å². The van der Waals surface area contributed by atoms with E-state index < -0.39 is 0 Å². The van der Waals surface area contributed by atoms with Gasteiger partial charge in [-0.3, -0.25) is 4.79 Å². The summed E-state index contributed by atoms with van der Waals surface area (Å²) in [6.45, 7) is 4.18. The molecule has 0 radical (unpaired) electrons. The Morgan fingerprint density at radius 1 is 1.28 bits per heavy atom. The second-order valence-corrected chi connectivity index (χ2v) is 5.03. The van der Waals surface area contributed by atoms with Crippen molar-refractivity contribution in [3.8, 4) is 5.75 Å². The molecular formula is C15H19FO2. The Balaban J connectivity index is 2.36. The highest BCUT2D eigenvalue weighted by atomic mass is 19.1. The number of hydrogen-bond donors (Lipinski definition) is 0. The number of Topliss-reactive ketones (excluding diaryl/α,β-unsaturated/α-hetero) is 1. The van der Waals surface area contributed by atoms with Crippen LogP contribution in [0.15, 0.2) is 18.2 Å². The molecule has 0 N–H and O–H groups in total. The maximum Gasteiger partial charge on any atom is 0.170 e. The molecule has 0 aromatic heterocycles. The standard InChI is InChI=1S/C15H19FO2/c1-3-7-15(8-4-2)10-13(17)12-9-11(16)5-6-14(12)18-15/h5-6,9H,3-4,7-8,10H2,1-2H3. The van der Waals surface area contributed by atoms with Gasteiger partial charge in [0.2, 0.25) is 0 Å². The largest absolute Gasteiger partial charge is 0.486 e. The monoisotopic (exact) mass is 250 g/mol. The van der Waals surface area contributed by atoms with E-state index in [0.717, 1.165) is 25.7 Å². The third-order valence-electron chi connectivity index (χ3n) is 3.46. The summed E-state index contributed by atoms with van der Waals surface area (Å²) in [4.78, 5) is 12.2. The number of carbonyl (C=O) groups excluding carboxylic acids is 1. The van der Waals surface area contributed by atoms with Crippen molar-refractivity contribution in [2.45, 2.75) is 51.6 Å². The van der Waals surface area contributed by atoms with E-state index in [1.165, 1.54) is 12.1 Å². The molecule has 1 aliphatic heterocycles. The molecule has 18 heavy (non-hydrogen) atoms. The fraction of sp³-hybridized carbons (Fsp3) is 0.533. The number of halogens is 1. The zero-order valence-corrected chi connectivity index (χ0v) is 11.0. The minimum absolute atomic E-state index is 0.00218. The number of rotatable bonds is 4. The van der Waals surface area contributed by atoms with Crippen LogP contribution in [0.5, 0.6) is 5.75 Å². The fourth-order valence-corrected chi connectivity index (χ4v) is 2.78. The van der Waals surface area contributed by atoms with Gasteiger partial charge in [0.1, 0.15) is 17.2 Å². The van der Waals surface area contributed by atoms with Crippen molar-refractivity contribution < 1.29 is 13.9 Å². The number of benzene rings is 1. The normalized spacial score (nSPS) is 17.2. The Labute approximate surface area is 107 Å². The SMILES string of the molecule is CCCC1(CCC)CC(=O)c2cc(F)ccc2O1. The van der Waals surface area contributed by atoms with Gasteiger partial charge in [0.05, 0.1) is 12.0 Å². The summed E-state index contributed by atoms with van der Waals surface area (Å²) in [5, 5.41) is 0. The molecule has 0 amide bonds. The van der Waals surface area contributed by atoms with Crippen LogP contribution < -0.4 is 4.74 Å². The summed E-state index contributed by atoms with van der Waals surface area (Å²) in [5.74, 6) is 0.149. The first-order chi connectivity index (χ1) is 8.60. The molecule has 98 valence electrons. The molecule has 1 aliphatic rings. The Hall–Kier alpha value is -1.38. The fourth-order valence-electron chi connectivity index (χ4n) is 2.78. The lowest BCUT2D eigenvalue weighted by Crippen LogP contribution is -2.42. The van der Waals surface area contributed by atoms with Gasteiger partial charge >= 0.3 is 0 Å². The third kappa shape index (κ3) is 2.40. The molecule has 1 aromatic rings. The summed E-state index contributed by atoms with van der Waals surface area (Å²) >= 11 is 0. The second-order valence-electron chi connectivity index (χ2n) is 5.03. The Kier molecular flexibility index (Phi) is 3.69. The van der Waals surface area contributed by atoms with Crippen molar-refractivity contribution >= 4 is 5.78 Å². The van der Waals surface area contributed by atoms with Gasteiger partial charge < -0.3 is 4.74 Å². The molecule has 0 fully saturated rings.